The molecule has 0 radical (unpaired) electrons. The zero-order valence-electron chi connectivity index (χ0n) is 14.1. The number of aromatic nitrogens is 2. The summed E-state index contributed by atoms with van der Waals surface area (Å²) in [6.07, 6.45) is 0.863. The molecule has 0 unspecified atom stereocenters. The number of benzene rings is 2. The van der Waals surface area contributed by atoms with E-state index < -0.39 is 0 Å². The number of aryl methyl sites for hydroxylation is 3. The number of oxazole rings is 1. The Morgan fingerprint density at radius 3 is 2.88 bits per heavy atom. The average molecular weight is 359 g/mol. The van der Waals surface area contributed by atoms with Crippen LogP contribution in [0.1, 0.15) is 12.3 Å². The van der Waals surface area contributed by atoms with Crippen molar-refractivity contribution in [3.05, 3.63) is 42.3 Å². The molecule has 0 aliphatic rings. The van der Waals surface area contributed by atoms with Crippen LogP contribution < -0.4 is 4.57 Å². The van der Waals surface area contributed by atoms with Crippen molar-refractivity contribution in [2.45, 2.75) is 19.9 Å². The van der Waals surface area contributed by atoms with E-state index in [2.05, 4.69) is 62.0 Å². The molecule has 2 aromatic carbocycles. The van der Waals surface area contributed by atoms with E-state index in [-0.39, 0.29) is 0 Å². The quantitative estimate of drug-likeness (QED) is 0.184. The fourth-order valence-corrected chi connectivity index (χ4v) is 3.82. The van der Waals surface area contributed by atoms with E-state index in [9.17, 15) is 0 Å². The molecule has 0 bridgehead atoms. The number of rotatable bonds is 6. The number of nitrogens with zero attached hydrogens (tertiary/aromatic N) is 2. The molecule has 130 valence electrons. The van der Waals surface area contributed by atoms with Crippen LogP contribution in [0.4, 0.5) is 0 Å². The fraction of sp³-hybridized carbons (Fsp3) is 0.278. The van der Waals surface area contributed by atoms with Crippen molar-refractivity contribution < 1.29 is 23.6 Å². The van der Waals surface area contributed by atoms with Crippen LogP contribution in [0.5, 0.6) is 0 Å². The molecule has 0 aliphatic heterocycles. The van der Waals surface area contributed by atoms with Crippen LogP contribution >= 0.6 is 12.0 Å². The predicted octanol–water partition coefficient (Wildman–Crippen LogP) is 4.13. The maximum Gasteiger partial charge on any atom is 0.344 e. The maximum absolute atomic E-state index is 8.16. The number of hydrogen-bond acceptors (Lipinski definition) is 5. The molecule has 1 N–H and O–H groups in total. The molecule has 0 spiro atoms. The summed E-state index contributed by atoms with van der Waals surface area (Å²) < 4.78 is 14.8. The van der Waals surface area contributed by atoms with Gasteiger partial charge in [0.25, 0.3) is 5.52 Å². The molecule has 0 saturated heterocycles. The van der Waals surface area contributed by atoms with Crippen molar-refractivity contribution in [1.29, 1.82) is 0 Å². The molecule has 2 aromatic heterocycles. The molecular weight excluding hydrogens is 340 g/mol. The third kappa shape index (κ3) is 2.79. The van der Waals surface area contributed by atoms with Gasteiger partial charge in [-0.1, -0.05) is 23.2 Å². The summed E-state index contributed by atoms with van der Waals surface area (Å²) in [4.78, 5) is 0. The van der Waals surface area contributed by atoms with Gasteiger partial charge in [-0.2, -0.15) is 4.57 Å². The molecule has 0 atom stereocenters. The largest absolute Gasteiger partial charge is 0.401 e. The van der Waals surface area contributed by atoms with Crippen LogP contribution in [-0.2, 0) is 23.0 Å². The van der Waals surface area contributed by atoms with Crippen LogP contribution in [0.2, 0.25) is 0 Å². The first-order valence-electron chi connectivity index (χ1n) is 8.10. The van der Waals surface area contributed by atoms with Gasteiger partial charge in [0, 0.05) is 59.7 Å². The SMILES string of the molecule is Cc1oc2cc3c(cc2[n+]1CCCSOOO)c1ccccc1n3C. The Hall–Kier alpha value is -2.06. The predicted molar refractivity (Wildman–Crippen MR) is 97.0 cm³/mol. The first-order chi connectivity index (χ1) is 12.2. The molecule has 0 aliphatic carbocycles. The third-order valence-corrected chi connectivity index (χ3v) is 5.22. The normalized spacial score (nSPS) is 12.0. The highest BCUT2D eigenvalue weighted by atomic mass is 32.2. The Bertz CT molecular complexity index is 1050. The fourth-order valence-electron chi connectivity index (χ4n) is 3.47. The van der Waals surface area contributed by atoms with Crippen LogP contribution in [-0.4, -0.2) is 15.6 Å². The van der Waals surface area contributed by atoms with Gasteiger partial charge in [-0.3, -0.25) is 0 Å². The lowest BCUT2D eigenvalue weighted by atomic mass is 10.1. The highest BCUT2D eigenvalue weighted by molar-refractivity contribution is 7.94. The van der Waals surface area contributed by atoms with Crippen LogP contribution in [0, 0.1) is 6.92 Å². The van der Waals surface area contributed by atoms with Gasteiger partial charge in [-0.15, -0.1) is 4.33 Å². The second-order valence-corrected chi connectivity index (χ2v) is 6.78. The van der Waals surface area contributed by atoms with Crippen molar-refractivity contribution in [2.24, 2.45) is 7.05 Å². The first kappa shape index (κ1) is 16.4. The lowest BCUT2D eigenvalue weighted by Gasteiger charge is -1.97. The summed E-state index contributed by atoms with van der Waals surface area (Å²) in [6, 6.07) is 12.8. The third-order valence-electron chi connectivity index (χ3n) is 4.61. The van der Waals surface area contributed by atoms with Gasteiger partial charge in [0.05, 0.1) is 12.4 Å². The minimum absolute atomic E-state index is 0.705. The van der Waals surface area contributed by atoms with Gasteiger partial charge in [0.2, 0.25) is 5.58 Å². The van der Waals surface area contributed by atoms with E-state index in [0.717, 1.165) is 42.0 Å². The Kier molecular flexibility index (Phi) is 4.39. The summed E-state index contributed by atoms with van der Waals surface area (Å²) in [5.41, 5.74) is 4.36. The summed E-state index contributed by atoms with van der Waals surface area (Å²) in [6.45, 7) is 2.78. The summed E-state index contributed by atoms with van der Waals surface area (Å²) in [5, 5.41) is 14.2. The van der Waals surface area contributed by atoms with Crippen molar-refractivity contribution >= 4 is 44.9 Å². The molecule has 4 aromatic rings. The number of fused-ring (bicyclic) bond motifs is 4. The Morgan fingerprint density at radius 2 is 2.04 bits per heavy atom. The molecule has 25 heavy (non-hydrogen) atoms. The standard InChI is InChI=1S/C18H18N2O4S/c1-12-20(8-5-9-25-24-23-21)17-10-14-13-6-3-4-7-15(13)19(2)16(14)11-18(17)22-12/h3-4,6-7,10-11H,5,8-9H2,1-2H3/p+1. The minimum Gasteiger partial charge on any atom is -0.401 e. The zero-order chi connectivity index (χ0) is 17.4. The summed E-state index contributed by atoms with van der Waals surface area (Å²) in [7, 11) is 2.08. The zero-order valence-corrected chi connectivity index (χ0v) is 14.9. The average Bonchev–Trinajstić information content (AvgIpc) is 3.08. The van der Waals surface area contributed by atoms with Crippen molar-refractivity contribution in [2.75, 3.05) is 5.75 Å². The lowest BCUT2D eigenvalue weighted by Crippen LogP contribution is -2.35. The van der Waals surface area contributed by atoms with Gasteiger partial charge in [0.15, 0.2) is 6.54 Å². The molecular formula is C18H19N2O4S+. The number of hydrogen-bond donors (Lipinski definition) is 1. The van der Waals surface area contributed by atoms with Crippen LogP contribution in [0.15, 0.2) is 40.8 Å². The summed E-state index contributed by atoms with van der Waals surface area (Å²) in [5.74, 6) is 1.58. The molecule has 0 saturated carbocycles. The Labute approximate surface area is 148 Å². The molecule has 2 heterocycles. The van der Waals surface area contributed by atoms with Crippen LogP contribution in [0.25, 0.3) is 32.9 Å². The second-order valence-electron chi connectivity index (χ2n) is 6.00. The first-order valence-corrected chi connectivity index (χ1v) is 9.01. The van der Waals surface area contributed by atoms with Crippen LogP contribution in [0.3, 0.4) is 0 Å². The summed E-state index contributed by atoms with van der Waals surface area (Å²) >= 11 is 1.07. The highest BCUT2D eigenvalue weighted by Crippen LogP contribution is 2.31. The lowest BCUT2D eigenvalue weighted by molar-refractivity contribution is -0.682. The number of para-hydroxylation sites is 1. The van der Waals surface area contributed by atoms with Gasteiger partial charge < -0.3 is 8.98 Å². The highest BCUT2D eigenvalue weighted by Gasteiger charge is 2.21. The van der Waals surface area contributed by atoms with E-state index in [1.54, 1.807) is 0 Å². The van der Waals surface area contributed by atoms with Crippen molar-refractivity contribution in [3.8, 4) is 0 Å². The van der Waals surface area contributed by atoms with Gasteiger partial charge in [-0.05, 0) is 6.07 Å². The van der Waals surface area contributed by atoms with E-state index in [0.29, 0.717) is 5.75 Å². The maximum atomic E-state index is 8.16. The smallest absolute Gasteiger partial charge is 0.344 e. The van der Waals surface area contributed by atoms with Crippen molar-refractivity contribution in [3.63, 3.8) is 0 Å². The molecule has 0 amide bonds. The van der Waals surface area contributed by atoms with E-state index >= 15 is 0 Å². The minimum atomic E-state index is 0.705. The monoisotopic (exact) mass is 359 g/mol. The van der Waals surface area contributed by atoms with Gasteiger partial charge in [-0.25, -0.2) is 5.26 Å². The van der Waals surface area contributed by atoms with Crippen molar-refractivity contribution in [1.82, 2.24) is 4.57 Å². The van der Waals surface area contributed by atoms with E-state index in [1.807, 2.05) is 6.92 Å². The Balaban J connectivity index is 1.78. The molecule has 4 rings (SSSR count). The van der Waals surface area contributed by atoms with E-state index in [4.69, 9.17) is 9.67 Å². The van der Waals surface area contributed by atoms with E-state index in [1.165, 1.54) is 21.8 Å². The van der Waals surface area contributed by atoms with Gasteiger partial charge >= 0.3 is 5.89 Å². The van der Waals surface area contributed by atoms with Gasteiger partial charge in [0.1, 0.15) is 0 Å². The molecule has 0 fully saturated rings. The molecule has 7 heteroatoms. The second kappa shape index (κ2) is 6.68. The topological polar surface area (TPSA) is 60.6 Å². The Morgan fingerprint density at radius 1 is 1.20 bits per heavy atom. The molecule has 6 nitrogen and oxygen atoms in total.